The van der Waals surface area contributed by atoms with Crippen molar-refractivity contribution < 1.29 is 18.6 Å². The molecular weight excluding hydrogens is 634 g/mol. The van der Waals surface area contributed by atoms with E-state index in [0.29, 0.717) is 53.1 Å². The number of piperazine rings is 1. The Morgan fingerprint density at radius 3 is 2.42 bits per heavy atom. The highest BCUT2D eigenvalue weighted by atomic mass is 35.5. The van der Waals surface area contributed by atoms with Crippen molar-refractivity contribution in [1.29, 1.82) is 0 Å². The van der Waals surface area contributed by atoms with Crippen LogP contribution in [0.3, 0.4) is 0 Å². The highest BCUT2D eigenvalue weighted by Crippen LogP contribution is 2.35. The Kier molecular flexibility index (Phi) is 9.03. The third-order valence-electron chi connectivity index (χ3n) is 8.59. The maximum atomic E-state index is 14.9. The van der Waals surface area contributed by atoms with Crippen LogP contribution in [-0.2, 0) is 6.54 Å². The second-order valence-corrected chi connectivity index (χ2v) is 12.0. The molecule has 3 heterocycles. The lowest BCUT2D eigenvalue weighted by atomic mass is 9.95. The number of benzene rings is 4. The van der Waals surface area contributed by atoms with Crippen molar-refractivity contribution in [2.75, 3.05) is 43.0 Å². The highest BCUT2D eigenvalue weighted by molar-refractivity contribution is 6.31. The fourth-order valence-electron chi connectivity index (χ4n) is 6.20. The van der Waals surface area contributed by atoms with Gasteiger partial charge in [-0.1, -0.05) is 48.0 Å². The molecule has 0 aliphatic carbocycles. The van der Waals surface area contributed by atoms with E-state index in [9.17, 15) is 13.9 Å². The SMILES string of the molecule is CCOc1ccccc1N1CCN(C(O)c2ccc(Nc3ncc4c(n3)-c3ccc(Cl)cc3C(c3c(F)cccc3F)=NC4)cc2)CC1. The molecule has 0 spiro atoms. The molecule has 244 valence electrons. The quantitative estimate of drug-likeness (QED) is 0.179. The Bertz CT molecular complexity index is 1960. The lowest BCUT2D eigenvalue weighted by molar-refractivity contribution is -0.00164. The standard InChI is InChI=1S/C37H33ClF2N6O2/c1-2-48-32-9-4-3-8-31(32)45-16-18-46(19-17-45)36(47)23-10-13-26(14-11-23)43-37-42-22-24-21-41-35(33-29(39)6-5-7-30(33)40)28-20-25(38)12-15-27(28)34(24)44-37/h3-15,20,22,36,47H,2,16-19,21H2,1H3,(H,42,43,44). The second kappa shape index (κ2) is 13.7. The molecule has 5 aromatic rings. The zero-order chi connectivity index (χ0) is 33.2. The van der Waals surface area contributed by atoms with Crippen LogP contribution in [0.2, 0.25) is 5.02 Å². The second-order valence-electron chi connectivity index (χ2n) is 11.6. The summed E-state index contributed by atoms with van der Waals surface area (Å²) < 4.78 is 35.6. The van der Waals surface area contributed by atoms with E-state index in [-0.39, 0.29) is 17.8 Å². The molecule has 0 bridgehead atoms. The predicted octanol–water partition coefficient (Wildman–Crippen LogP) is 7.38. The minimum Gasteiger partial charge on any atom is -0.492 e. The molecular formula is C37H33ClF2N6O2. The number of rotatable bonds is 8. The Hall–Kier alpha value is -4.90. The van der Waals surface area contributed by atoms with Gasteiger partial charge in [0.2, 0.25) is 5.95 Å². The molecule has 1 saturated heterocycles. The summed E-state index contributed by atoms with van der Waals surface area (Å²) in [7, 11) is 0. The van der Waals surface area contributed by atoms with Gasteiger partial charge in [-0.2, -0.15) is 0 Å². The first-order valence-electron chi connectivity index (χ1n) is 15.8. The fraction of sp³-hybridized carbons (Fsp3) is 0.216. The van der Waals surface area contributed by atoms with Crippen LogP contribution >= 0.6 is 11.6 Å². The smallest absolute Gasteiger partial charge is 0.227 e. The number of nitrogens with zero attached hydrogens (tertiary/aromatic N) is 5. The van der Waals surface area contributed by atoms with Crippen LogP contribution in [-0.4, -0.2) is 58.5 Å². The van der Waals surface area contributed by atoms with Gasteiger partial charge in [-0.25, -0.2) is 18.7 Å². The van der Waals surface area contributed by atoms with Gasteiger partial charge in [0.1, 0.15) is 23.6 Å². The van der Waals surface area contributed by atoms with Crippen molar-refractivity contribution in [3.05, 3.63) is 130 Å². The summed E-state index contributed by atoms with van der Waals surface area (Å²) in [5.41, 5.74) is 4.95. The minimum atomic E-state index is -0.746. The topological polar surface area (TPSA) is 86.1 Å². The third kappa shape index (κ3) is 6.34. The summed E-state index contributed by atoms with van der Waals surface area (Å²) in [5.74, 6) is -0.205. The number of aromatic nitrogens is 2. The van der Waals surface area contributed by atoms with Gasteiger partial charge >= 0.3 is 0 Å². The van der Waals surface area contributed by atoms with Gasteiger partial charge in [0, 0.05) is 59.8 Å². The van der Waals surface area contributed by atoms with E-state index in [2.05, 4.69) is 31.2 Å². The number of halogens is 3. The van der Waals surface area contributed by atoms with E-state index in [0.717, 1.165) is 35.8 Å². The maximum absolute atomic E-state index is 14.9. The van der Waals surface area contributed by atoms with Crippen molar-refractivity contribution in [3.8, 4) is 17.0 Å². The van der Waals surface area contributed by atoms with Crippen molar-refractivity contribution in [2.45, 2.75) is 19.7 Å². The number of nitrogens with one attached hydrogen (secondary N) is 1. The highest BCUT2D eigenvalue weighted by Gasteiger charge is 2.27. The number of ether oxygens (including phenoxy) is 1. The molecule has 48 heavy (non-hydrogen) atoms. The summed E-state index contributed by atoms with van der Waals surface area (Å²) in [6, 6.07) is 24.4. The molecule has 0 amide bonds. The molecule has 11 heteroatoms. The fourth-order valence-corrected chi connectivity index (χ4v) is 6.38. The summed E-state index contributed by atoms with van der Waals surface area (Å²) in [6.45, 7) is 5.66. The Morgan fingerprint density at radius 2 is 1.67 bits per heavy atom. The number of aliphatic hydroxyl groups excluding tert-OH is 1. The number of anilines is 3. The van der Waals surface area contributed by atoms with E-state index < -0.39 is 17.9 Å². The molecule has 2 N–H and O–H groups in total. The minimum absolute atomic E-state index is 0.130. The van der Waals surface area contributed by atoms with E-state index in [1.165, 1.54) is 18.2 Å². The Labute approximate surface area is 282 Å². The van der Waals surface area contributed by atoms with Crippen molar-refractivity contribution in [2.24, 2.45) is 4.99 Å². The summed E-state index contributed by atoms with van der Waals surface area (Å²) >= 11 is 6.35. The number of aliphatic hydroxyl groups is 1. The van der Waals surface area contributed by atoms with Gasteiger partial charge in [-0.3, -0.25) is 9.89 Å². The molecule has 1 aromatic heterocycles. The Morgan fingerprint density at radius 1 is 0.917 bits per heavy atom. The first-order valence-corrected chi connectivity index (χ1v) is 16.2. The van der Waals surface area contributed by atoms with Crippen LogP contribution in [0.4, 0.5) is 26.1 Å². The van der Waals surface area contributed by atoms with E-state index >= 15 is 0 Å². The van der Waals surface area contributed by atoms with Crippen LogP contribution in [0, 0.1) is 11.6 Å². The van der Waals surface area contributed by atoms with Crippen molar-refractivity contribution >= 4 is 34.6 Å². The van der Waals surface area contributed by atoms with Gasteiger partial charge in [-0.05, 0) is 61.0 Å². The number of hydrogen-bond acceptors (Lipinski definition) is 8. The first kappa shape index (κ1) is 31.7. The van der Waals surface area contributed by atoms with Gasteiger partial charge in [0.05, 0.1) is 35.8 Å². The summed E-state index contributed by atoms with van der Waals surface area (Å²) in [4.78, 5) is 18.2. The van der Waals surface area contributed by atoms with E-state index in [1.807, 2.05) is 49.4 Å². The van der Waals surface area contributed by atoms with E-state index in [4.69, 9.17) is 21.3 Å². The zero-order valence-corrected chi connectivity index (χ0v) is 27.0. The van der Waals surface area contributed by atoms with Crippen LogP contribution < -0.4 is 15.0 Å². The number of para-hydroxylation sites is 2. The molecule has 0 saturated carbocycles. The molecule has 7 rings (SSSR count). The average Bonchev–Trinajstić information content (AvgIpc) is 3.25. The monoisotopic (exact) mass is 666 g/mol. The van der Waals surface area contributed by atoms with Crippen molar-refractivity contribution in [3.63, 3.8) is 0 Å². The molecule has 8 nitrogen and oxygen atoms in total. The van der Waals surface area contributed by atoms with E-state index in [1.54, 1.807) is 24.4 Å². The molecule has 1 fully saturated rings. The lowest BCUT2D eigenvalue weighted by Crippen LogP contribution is -2.47. The zero-order valence-electron chi connectivity index (χ0n) is 26.2. The molecule has 4 aromatic carbocycles. The van der Waals surface area contributed by atoms with Crippen LogP contribution in [0.1, 0.15) is 35.4 Å². The van der Waals surface area contributed by atoms with Gasteiger partial charge in [0.25, 0.3) is 0 Å². The lowest BCUT2D eigenvalue weighted by Gasteiger charge is -2.38. The predicted molar refractivity (Wildman–Crippen MR) is 184 cm³/mol. The Balaban J connectivity index is 1.06. The number of fused-ring (bicyclic) bond motifs is 3. The first-order chi connectivity index (χ1) is 23.4. The average molecular weight is 667 g/mol. The largest absolute Gasteiger partial charge is 0.492 e. The van der Waals surface area contributed by atoms with Crippen molar-refractivity contribution in [1.82, 2.24) is 14.9 Å². The van der Waals surface area contributed by atoms with Gasteiger partial charge in [-0.15, -0.1) is 0 Å². The summed E-state index contributed by atoms with van der Waals surface area (Å²) in [6.07, 6.45) is 0.918. The molecule has 2 aliphatic rings. The molecule has 2 aliphatic heterocycles. The normalized spacial score (nSPS) is 15.2. The van der Waals surface area contributed by atoms with Crippen LogP contribution in [0.25, 0.3) is 11.3 Å². The number of hydrogen-bond donors (Lipinski definition) is 2. The number of aliphatic imine (C=N–C) groups is 1. The van der Waals surface area contributed by atoms with Gasteiger partial charge < -0.3 is 20.1 Å². The van der Waals surface area contributed by atoms with Gasteiger partial charge in [0.15, 0.2) is 0 Å². The van der Waals surface area contributed by atoms with Crippen LogP contribution in [0.15, 0.2) is 96.1 Å². The third-order valence-corrected chi connectivity index (χ3v) is 8.83. The molecule has 0 radical (unpaired) electrons. The summed E-state index contributed by atoms with van der Waals surface area (Å²) in [5, 5.41) is 14.9. The maximum Gasteiger partial charge on any atom is 0.227 e. The molecule has 1 atom stereocenters. The molecule has 1 unspecified atom stereocenters. The van der Waals surface area contributed by atoms with Crippen LogP contribution in [0.5, 0.6) is 5.75 Å².